The van der Waals surface area contributed by atoms with Gasteiger partial charge in [-0.25, -0.2) is 9.59 Å². The number of benzene rings is 2. The standard InChI is InChI=1S/C25H27NO9.C6H14/c1-2-3-6-11-26-14-9-10-17(18(27)12-14)20(29)15-7-4-5-8-16(15)24(32)34-13-19(28)23-21(30)22(31)25(33)35-23;1-3-5-6-4-2/h4-5,7-10,12,19,23,26-28,30-31H,2-3,6,11,13H2,1H3;3-6H2,1-2H3. The van der Waals surface area contributed by atoms with Crippen molar-refractivity contribution in [2.24, 2.45) is 0 Å². The van der Waals surface area contributed by atoms with E-state index in [1.807, 2.05) is 0 Å². The number of aliphatic hydroxyl groups is 3. The summed E-state index contributed by atoms with van der Waals surface area (Å²) in [4.78, 5) is 37.0. The van der Waals surface area contributed by atoms with E-state index in [4.69, 9.17) is 4.74 Å². The highest BCUT2D eigenvalue weighted by Gasteiger charge is 2.39. The van der Waals surface area contributed by atoms with Crippen LogP contribution in [0.25, 0.3) is 0 Å². The van der Waals surface area contributed by atoms with Crippen LogP contribution in [0.5, 0.6) is 5.75 Å². The fourth-order valence-corrected chi connectivity index (χ4v) is 4.00. The lowest BCUT2D eigenvalue weighted by molar-refractivity contribution is -0.147. The summed E-state index contributed by atoms with van der Waals surface area (Å²) in [5.41, 5.74) is 0.510. The smallest absolute Gasteiger partial charge is 0.377 e. The number of ether oxygens (including phenoxy) is 2. The molecule has 224 valence electrons. The summed E-state index contributed by atoms with van der Waals surface area (Å²) in [6, 6.07) is 10.4. The first-order valence-corrected chi connectivity index (χ1v) is 14.0. The molecule has 2 aromatic carbocycles. The molecule has 0 aliphatic carbocycles. The van der Waals surface area contributed by atoms with E-state index in [2.05, 4.69) is 30.8 Å². The van der Waals surface area contributed by atoms with E-state index < -0.39 is 48.1 Å². The van der Waals surface area contributed by atoms with Gasteiger partial charge in [-0.05, 0) is 24.6 Å². The number of cyclic esters (lactones) is 1. The minimum Gasteiger partial charge on any atom is -0.507 e. The van der Waals surface area contributed by atoms with Crippen LogP contribution in [-0.2, 0) is 14.3 Å². The lowest BCUT2D eigenvalue weighted by atomic mass is 9.97. The van der Waals surface area contributed by atoms with Crippen LogP contribution in [0.2, 0.25) is 0 Å². The van der Waals surface area contributed by atoms with Gasteiger partial charge in [-0.15, -0.1) is 0 Å². The van der Waals surface area contributed by atoms with E-state index in [9.17, 15) is 34.8 Å². The second-order valence-corrected chi connectivity index (χ2v) is 9.67. The molecule has 0 aromatic heterocycles. The molecule has 0 fully saturated rings. The minimum absolute atomic E-state index is 0.00667. The Kier molecular flexibility index (Phi) is 13.7. The molecule has 3 rings (SSSR count). The molecule has 1 heterocycles. The minimum atomic E-state index is -1.66. The average molecular weight is 572 g/mol. The predicted octanol–water partition coefficient (Wildman–Crippen LogP) is 5.58. The van der Waals surface area contributed by atoms with Gasteiger partial charge < -0.3 is 35.2 Å². The summed E-state index contributed by atoms with van der Waals surface area (Å²) in [6.45, 7) is 6.60. The van der Waals surface area contributed by atoms with Crippen molar-refractivity contribution in [1.82, 2.24) is 0 Å². The van der Waals surface area contributed by atoms with Crippen LogP contribution in [0.15, 0.2) is 54.0 Å². The second-order valence-electron chi connectivity index (χ2n) is 9.67. The quantitative estimate of drug-likeness (QED) is 0.110. The maximum atomic E-state index is 13.1. The summed E-state index contributed by atoms with van der Waals surface area (Å²) in [7, 11) is 0. The molecule has 2 aromatic rings. The molecule has 0 saturated carbocycles. The zero-order valence-electron chi connectivity index (χ0n) is 23.9. The number of hydrogen-bond acceptors (Lipinski definition) is 10. The molecule has 0 amide bonds. The molecule has 0 radical (unpaired) electrons. The highest BCUT2D eigenvalue weighted by Crippen LogP contribution is 2.27. The first-order valence-electron chi connectivity index (χ1n) is 14.0. The monoisotopic (exact) mass is 571 g/mol. The molecule has 0 saturated heterocycles. The number of carbonyl (C=O) groups is 3. The number of esters is 2. The Labute approximate surface area is 240 Å². The molecule has 1 aliphatic heterocycles. The maximum Gasteiger partial charge on any atom is 0.377 e. The third-order valence-corrected chi connectivity index (χ3v) is 6.37. The molecule has 2 atom stereocenters. The van der Waals surface area contributed by atoms with Gasteiger partial charge in [0.1, 0.15) is 18.5 Å². The molecule has 0 bridgehead atoms. The Bertz CT molecular complexity index is 1200. The summed E-state index contributed by atoms with van der Waals surface area (Å²) < 4.78 is 9.66. The topological polar surface area (TPSA) is 163 Å². The molecular formula is C31H41NO9. The number of rotatable bonds is 14. The zero-order chi connectivity index (χ0) is 30.4. The van der Waals surface area contributed by atoms with Crippen molar-refractivity contribution >= 4 is 23.4 Å². The largest absolute Gasteiger partial charge is 0.507 e. The van der Waals surface area contributed by atoms with Gasteiger partial charge in [0.25, 0.3) is 0 Å². The number of anilines is 1. The number of phenolic OH excluding ortho intramolecular Hbond substituents is 1. The van der Waals surface area contributed by atoms with Crippen LogP contribution in [-0.4, -0.2) is 63.5 Å². The van der Waals surface area contributed by atoms with Crippen molar-refractivity contribution < 1.29 is 44.3 Å². The number of phenols is 1. The van der Waals surface area contributed by atoms with E-state index in [-0.39, 0.29) is 22.4 Å². The third-order valence-electron chi connectivity index (χ3n) is 6.37. The number of aromatic hydroxyl groups is 1. The molecule has 0 spiro atoms. The number of ketones is 1. The number of nitrogens with one attached hydrogen (secondary N) is 1. The van der Waals surface area contributed by atoms with Gasteiger partial charge in [0, 0.05) is 23.9 Å². The van der Waals surface area contributed by atoms with E-state index in [1.165, 1.54) is 56.0 Å². The van der Waals surface area contributed by atoms with Crippen molar-refractivity contribution in [1.29, 1.82) is 0 Å². The first kappa shape index (κ1) is 33.2. The van der Waals surface area contributed by atoms with Crippen LogP contribution in [0.4, 0.5) is 5.69 Å². The molecular weight excluding hydrogens is 530 g/mol. The van der Waals surface area contributed by atoms with E-state index in [1.54, 1.807) is 12.1 Å². The first-order chi connectivity index (χ1) is 19.7. The highest BCUT2D eigenvalue weighted by atomic mass is 16.6. The van der Waals surface area contributed by atoms with Crippen LogP contribution < -0.4 is 5.32 Å². The summed E-state index contributed by atoms with van der Waals surface area (Å²) in [5.74, 6) is -4.93. The van der Waals surface area contributed by atoms with Crippen LogP contribution in [0, 0.1) is 0 Å². The van der Waals surface area contributed by atoms with Crippen LogP contribution >= 0.6 is 0 Å². The van der Waals surface area contributed by atoms with Gasteiger partial charge in [0.15, 0.2) is 17.6 Å². The van der Waals surface area contributed by atoms with Gasteiger partial charge >= 0.3 is 11.9 Å². The van der Waals surface area contributed by atoms with Gasteiger partial charge in [-0.2, -0.15) is 0 Å². The number of hydrogen-bond donors (Lipinski definition) is 5. The molecule has 2 unspecified atom stereocenters. The van der Waals surface area contributed by atoms with Crippen LogP contribution in [0.3, 0.4) is 0 Å². The van der Waals surface area contributed by atoms with Gasteiger partial charge in [-0.3, -0.25) is 4.79 Å². The molecule has 41 heavy (non-hydrogen) atoms. The fraction of sp³-hybridized carbons (Fsp3) is 0.452. The Morgan fingerprint density at radius 1 is 0.902 bits per heavy atom. The van der Waals surface area contributed by atoms with Crippen LogP contribution in [0.1, 0.15) is 92.0 Å². The SMILES string of the molecule is CCCCCC.CCCCCNc1ccc(C(=O)c2ccccc2C(=O)OCC(O)C2OC(=O)C(O)=C2O)c(O)c1. The zero-order valence-corrected chi connectivity index (χ0v) is 23.9. The van der Waals surface area contributed by atoms with Crippen molar-refractivity contribution in [3.05, 3.63) is 70.7 Å². The van der Waals surface area contributed by atoms with Gasteiger partial charge in [0.05, 0.1) is 11.1 Å². The Hall–Kier alpha value is -4.05. The molecule has 10 heteroatoms. The van der Waals surface area contributed by atoms with Crippen molar-refractivity contribution in [2.75, 3.05) is 18.5 Å². The molecule has 5 N–H and O–H groups in total. The number of unbranched alkanes of at least 4 members (excludes halogenated alkanes) is 5. The van der Waals surface area contributed by atoms with Gasteiger partial charge in [0.2, 0.25) is 5.76 Å². The fourth-order valence-electron chi connectivity index (χ4n) is 4.00. The lowest BCUT2D eigenvalue weighted by Gasteiger charge is -2.17. The Morgan fingerprint density at radius 3 is 2.07 bits per heavy atom. The average Bonchev–Trinajstić information content (AvgIpc) is 3.24. The highest BCUT2D eigenvalue weighted by molar-refractivity contribution is 6.15. The summed E-state index contributed by atoms with van der Waals surface area (Å²) in [6.07, 6.45) is 5.43. The lowest BCUT2D eigenvalue weighted by Crippen LogP contribution is -2.33. The van der Waals surface area contributed by atoms with E-state index in [0.29, 0.717) is 5.69 Å². The second kappa shape index (κ2) is 16.9. The van der Waals surface area contributed by atoms with Crippen molar-refractivity contribution in [2.45, 2.75) is 77.9 Å². The maximum absolute atomic E-state index is 13.1. The summed E-state index contributed by atoms with van der Waals surface area (Å²) in [5, 5.41) is 42.7. The predicted molar refractivity (Wildman–Crippen MR) is 154 cm³/mol. The van der Waals surface area contributed by atoms with Gasteiger partial charge in [-0.1, -0.05) is 77.5 Å². The van der Waals surface area contributed by atoms with Crippen molar-refractivity contribution in [3.63, 3.8) is 0 Å². The molecule has 1 aliphatic rings. The summed E-state index contributed by atoms with van der Waals surface area (Å²) >= 11 is 0. The van der Waals surface area contributed by atoms with Crippen molar-refractivity contribution in [3.8, 4) is 5.75 Å². The third kappa shape index (κ3) is 9.53. The Morgan fingerprint density at radius 2 is 1.51 bits per heavy atom. The number of aliphatic hydroxyl groups excluding tert-OH is 3. The Balaban J connectivity index is 0.000000883. The normalized spacial score (nSPS) is 15.0. The van der Waals surface area contributed by atoms with E-state index >= 15 is 0 Å². The van der Waals surface area contributed by atoms with E-state index in [0.717, 1.165) is 25.8 Å². The number of carbonyl (C=O) groups excluding carboxylic acids is 3. The molecule has 10 nitrogen and oxygen atoms in total.